The van der Waals surface area contributed by atoms with Crippen LogP contribution in [-0.4, -0.2) is 29.3 Å². The number of hydrogen-bond acceptors (Lipinski definition) is 6. The number of rotatable bonds is 6. The van der Waals surface area contributed by atoms with Crippen molar-refractivity contribution in [2.75, 3.05) is 11.9 Å². The molecule has 0 spiro atoms. The molecule has 0 aliphatic heterocycles. The fourth-order valence-corrected chi connectivity index (χ4v) is 2.27. The quantitative estimate of drug-likeness (QED) is 0.458. The number of nitrogens with two attached hydrogens (primary N) is 1. The number of aryl methyl sites for hydroxylation is 1. The van der Waals surface area contributed by atoms with Gasteiger partial charge in [-0.25, -0.2) is 4.79 Å². The number of amides is 2. The zero-order valence-electron chi connectivity index (χ0n) is 13.7. The molecule has 0 unspecified atom stereocenters. The van der Waals surface area contributed by atoms with Crippen molar-refractivity contribution in [3.63, 3.8) is 0 Å². The molecule has 0 saturated heterocycles. The second kappa shape index (κ2) is 7.88. The van der Waals surface area contributed by atoms with Crippen LogP contribution in [-0.2, 0) is 9.53 Å². The smallest absolute Gasteiger partial charge is 0.345 e. The summed E-state index contributed by atoms with van der Waals surface area (Å²) in [7, 11) is 0. The summed E-state index contributed by atoms with van der Waals surface area (Å²) in [6.07, 6.45) is 0. The number of carbonyl (C=O) groups excluding carboxylic acids is 3. The van der Waals surface area contributed by atoms with Crippen molar-refractivity contribution in [2.24, 2.45) is 5.73 Å². The molecule has 0 radical (unpaired) electrons. The van der Waals surface area contributed by atoms with Crippen LogP contribution in [0.2, 0.25) is 0 Å². The Morgan fingerprint density at radius 3 is 2.42 bits per heavy atom. The second-order valence-corrected chi connectivity index (χ2v) is 5.26. The zero-order valence-corrected chi connectivity index (χ0v) is 13.7. The molecule has 9 heteroatoms. The first-order valence-electron chi connectivity index (χ1n) is 7.41. The van der Waals surface area contributed by atoms with Gasteiger partial charge in [0.2, 0.25) is 0 Å². The minimum Gasteiger partial charge on any atom is -0.452 e. The maximum atomic E-state index is 12.1. The van der Waals surface area contributed by atoms with Gasteiger partial charge in [0.25, 0.3) is 17.5 Å². The summed E-state index contributed by atoms with van der Waals surface area (Å²) in [6.45, 7) is 0.805. The van der Waals surface area contributed by atoms with E-state index in [1.807, 2.05) is 0 Å². The Balaban J connectivity index is 2.07. The average molecular weight is 357 g/mol. The number of nitro groups is 1. The van der Waals surface area contributed by atoms with Crippen LogP contribution in [0.3, 0.4) is 0 Å². The van der Waals surface area contributed by atoms with Gasteiger partial charge in [0.05, 0.1) is 16.2 Å². The molecule has 0 fully saturated rings. The largest absolute Gasteiger partial charge is 0.452 e. The van der Waals surface area contributed by atoms with Crippen molar-refractivity contribution in [1.82, 2.24) is 0 Å². The van der Waals surface area contributed by atoms with Crippen LogP contribution in [0.1, 0.15) is 26.3 Å². The number of para-hydroxylation sites is 2. The van der Waals surface area contributed by atoms with E-state index < -0.39 is 29.3 Å². The van der Waals surface area contributed by atoms with E-state index in [1.165, 1.54) is 37.3 Å². The maximum absolute atomic E-state index is 12.1. The number of nitro benzene ring substituents is 1. The molecular weight excluding hydrogens is 342 g/mol. The number of primary amides is 1. The van der Waals surface area contributed by atoms with Gasteiger partial charge in [-0.05, 0) is 25.1 Å². The van der Waals surface area contributed by atoms with Crippen molar-refractivity contribution in [3.8, 4) is 0 Å². The first-order valence-corrected chi connectivity index (χ1v) is 7.41. The summed E-state index contributed by atoms with van der Waals surface area (Å²) in [6, 6.07) is 10.3. The normalized spacial score (nSPS) is 10.0. The predicted octanol–water partition coefficient (Wildman–Crippen LogP) is 1.80. The molecule has 2 rings (SSSR count). The van der Waals surface area contributed by atoms with E-state index in [9.17, 15) is 24.5 Å². The lowest BCUT2D eigenvalue weighted by molar-refractivity contribution is -0.385. The van der Waals surface area contributed by atoms with Gasteiger partial charge in [0.1, 0.15) is 5.56 Å². The highest BCUT2D eigenvalue weighted by Crippen LogP contribution is 2.23. The number of esters is 1. The predicted molar refractivity (Wildman–Crippen MR) is 91.7 cm³/mol. The van der Waals surface area contributed by atoms with Gasteiger partial charge in [-0.1, -0.05) is 24.3 Å². The van der Waals surface area contributed by atoms with Gasteiger partial charge < -0.3 is 15.8 Å². The van der Waals surface area contributed by atoms with E-state index in [-0.39, 0.29) is 22.5 Å². The van der Waals surface area contributed by atoms with E-state index in [2.05, 4.69) is 5.32 Å². The number of anilines is 1. The number of hydrogen-bond donors (Lipinski definition) is 2. The molecule has 2 amide bonds. The molecule has 3 N–H and O–H groups in total. The van der Waals surface area contributed by atoms with Crippen molar-refractivity contribution >= 4 is 29.2 Å². The van der Waals surface area contributed by atoms with Gasteiger partial charge in [-0.3, -0.25) is 19.7 Å². The van der Waals surface area contributed by atoms with E-state index in [0.717, 1.165) is 0 Å². The van der Waals surface area contributed by atoms with E-state index >= 15 is 0 Å². The van der Waals surface area contributed by atoms with Crippen molar-refractivity contribution in [1.29, 1.82) is 0 Å². The SMILES string of the molecule is Cc1cccc(C(=O)OCC(=O)Nc2ccccc2C(N)=O)c1[N+](=O)[O-]. The molecule has 0 aromatic heterocycles. The summed E-state index contributed by atoms with van der Waals surface area (Å²) in [5, 5.41) is 13.5. The number of carbonyl (C=O) groups is 3. The summed E-state index contributed by atoms with van der Waals surface area (Å²) in [4.78, 5) is 45.7. The number of benzene rings is 2. The Kier molecular flexibility index (Phi) is 5.63. The van der Waals surface area contributed by atoms with Crippen LogP contribution in [0.15, 0.2) is 42.5 Å². The molecule has 0 atom stereocenters. The fraction of sp³-hybridized carbons (Fsp3) is 0.118. The maximum Gasteiger partial charge on any atom is 0.345 e. The molecular formula is C17H15N3O6. The standard InChI is InChI=1S/C17H15N3O6/c1-10-5-4-7-12(15(10)20(24)25)17(23)26-9-14(21)19-13-8-3-2-6-11(13)16(18)22/h2-8H,9H2,1H3,(H2,18,22)(H,19,21). The number of nitrogens with zero attached hydrogens (tertiary/aromatic N) is 1. The molecule has 0 aliphatic carbocycles. The second-order valence-electron chi connectivity index (χ2n) is 5.26. The summed E-state index contributed by atoms with van der Waals surface area (Å²) in [5.41, 5.74) is 5.14. The molecule has 0 aliphatic rings. The molecule has 134 valence electrons. The molecule has 2 aromatic rings. The van der Waals surface area contributed by atoms with E-state index in [4.69, 9.17) is 10.5 Å². The molecule has 0 bridgehead atoms. The lowest BCUT2D eigenvalue weighted by Gasteiger charge is -2.09. The highest BCUT2D eigenvalue weighted by Gasteiger charge is 2.24. The summed E-state index contributed by atoms with van der Waals surface area (Å²) in [5.74, 6) is -2.45. The number of ether oxygens (including phenoxy) is 1. The summed E-state index contributed by atoms with van der Waals surface area (Å²) < 4.78 is 4.84. The highest BCUT2D eigenvalue weighted by atomic mass is 16.6. The third-order valence-electron chi connectivity index (χ3n) is 3.44. The first kappa shape index (κ1) is 18.6. The topological polar surface area (TPSA) is 142 Å². The van der Waals surface area contributed by atoms with Gasteiger partial charge in [-0.2, -0.15) is 0 Å². The Hall–Kier alpha value is -3.75. The monoisotopic (exact) mass is 357 g/mol. The first-order chi connectivity index (χ1) is 12.3. The van der Waals surface area contributed by atoms with Crippen LogP contribution in [0.25, 0.3) is 0 Å². The summed E-state index contributed by atoms with van der Waals surface area (Å²) >= 11 is 0. The molecule has 9 nitrogen and oxygen atoms in total. The lowest BCUT2D eigenvalue weighted by atomic mass is 10.1. The van der Waals surface area contributed by atoms with Crippen LogP contribution in [0.4, 0.5) is 11.4 Å². The van der Waals surface area contributed by atoms with Gasteiger partial charge in [0.15, 0.2) is 6.61 Å². The Labute approximate surface area is 147 Å². The molecule has 2 aromatic carbocycles. The van der Waals surface area contributed by atoms with Crippen LogP contribution < -0.4 is 11.1 Å². The van der Waals surface area contributed by atoms with Crippen LogP contribution in [0.5, 0.6) is 0 Å². The van der Waals surface area contributed by atoms with E-state index in [0.29, 0.717) is 5.56 Å². The van der Waals surface area contributed by atoms with Crippen molar-refractivity contribution < 1.29 is 24.0 Å². The fourth-order valence-electron chi connectivity index (χ4n) is 2.27. The lowest BCUT2D eigenvalue weighted by Crippen LogP contribution is -2.23. The minimum absolute atomic E-state index is 0.0986. The molecule has 0 heterocycles. The van der Waals surface area contributed by atoms with Gasteiger partial charge in [-0.15, -0.1) is 0 Å². The van der Waals surface area contributed by atoms with Crippen LogP contribution >= 0.6 is 0 Å². The highest BCUT2D eigenvalue weighted by molar-refractivity contribution is 6.04. The van der Waals surface area contributed by atoms with Crippen LogP contribution in [0, 0.1) is 17.0 Å². The zero-order chi connectivity index (χ0) is 19.3. The Morgan fingerprint density at radius 2 is 1.77 bits per heavy atom. The third kappa shape index (κ3) is 4.20. The number of nitrogens with one attached hydrogen (secondary N) is 1. The Bertz CT molecular complexity index is 894. The molecule has 0 saturated carbocycles. The van der Waals surface area contributed by atoms with Crippen molar-refractivity contribution in [2.45, 2.75) is 6.92 Å². The van der Waals surface area contributed by atoms with E-state index in [1.54, 1.807) is 12.1 Å². The molecule has 26 heavy (non-hydrogen) atoms. The van der Waals surface area contributed by atoms with Gasteiger partial charge >= 0.3 is 5.97 Å². The van der Waals surface area contributed by atoms with Crippen molar-refractivity contribution in [3.05, 3.63) is 69.3 Å². The minimum atomic E-state index is -1.00. The Morgan fingerprint density at radius 1 is 1.12 bits per heavy atom. The van der Waals surface area contributed by atoms with Gasteiger partial charge in [0, 0.05) is 5.56 Å². The average Bonchev–Trinajstić information content (AvgIpc) is 2.59. The third-order valence-corrected chi connectivity index (χ3v) is 3.44.